The minimum atomic E-state index is 0.871. The predicted octanol–water partition coefficient (Wildman–Crippen LogP) is 2.78. The maximum absolute atomic E-state index is 3.39. The van der Waals surface area contributed by atoms with Gasteiger partial charge in [0.15, 0.2) is 0 Å². The predicted molar refractivity (Wildman–Crippen MR) is 62.3 cm³/mol. The van der Waals surface area contributed by atoms with Crippen molar-refractivity contribution in [1.29, 1.82) is 0 Å². The average molecular weight is 196 g/mol. The van der Waals surface area contributed by atoms with Crippen molar-refractivity contribution < 1.29 is 0 Å². The van der Waals surface area contributed by atoms with Crippen LogP contribution in [0.25, 0.3) is 0 Å². The molecule has 2 aromatic carbocycles. The molecule has 0 atom stereocenters. The summed E-state index contributed by atoms with van der Waals surface area (Å²) in [5.41, 5.74) is 2.52. The third-order valence-electron chi connectivity index (χ3n) is 2.26. The van der Waals surface area contributed by atoms with Gasteiger partial charge in [-0.2, -0.15) is 0 Å². The molecule has 2 aromatic rings. The van der Waals surface area contributed by atoms with Crippen LogP contribution in [-0.2, 0) is 13.1 Å². The molecule has 1 radical (unpaired) electrons. The summed E-state index contributed by atoms with van der Waals surface area (Å²) >= 11 is 0. The van der Waals surface area contributed by atoms with Gasteiger partial charge >= 0.3 is 0 Å². The molecule has 2 rings (SSSR count). The minimum absolute atomic E-state index is 0.871. The van der Waals surface area contributed by atoms with Crippen LogP contribution in [0.3, 0.4) is 0 Å². The van der Waals surface area contributed by atoms with Gasteiger partial charge in [0.05, 0.1) is 0 Å². The van der Waals surface area contributed by atoms with Crippen LogP contribution >= 0.6 is 0 Å². The maximum atomic E-state index is 3.39. The Labute approximate surface area is 90.8 Å². The van der Waals surface area contributed by atoms with E-state index in [4.69, 9.17) is 0 Å². The highest BCUT2D eigenvalue weighted by molar-refractivity contribution is 5.15. The van der Waals surface area contributed by atoms with Crippen LogP contribution in [0.1, 0.15) is 11.1 Å². The second-order valence-corrected chi connectivity index (χ2v) is 3.48. The van der Waals surface area contributed by atoms with Crippen molar-refractivity contribution >= 4 is 0 Å². The molecule has 0 amide bonds. The molecule has 0 saturated heterocycles. The summed E-state index contributed by atoms with van der Waals surface area (Å²) < 4.78 is 0. The topological polar surface area (TPSA) is 12.0 Å². The lowest BCUT2D eigenvalue weighted by Gasteiger charge is -2.04. The van der Waals surface area contributed by atoms with Crippen molar-refractivity contribution in [2.45, 2.75) is 13.1 Å². The zero-order chi connectivity index (χ0) is 10.3. The third kappa shape index (κ3) is 3.22. The molecular formula is C14H14N. The van der Waals surface area contributed by atoms with E-state index in [1.807, 2.05) is 24.3 Å². The van der Waals surface area contributed by atoms with Gasteiger partial charge in [-0.05, 0) is 17.2 Å². The van der Waals surface area contributed by atoms with Crippen LogP contribution in [0.5, 0.6) is 0 Å². The van der Waals surface area contributed by atoms with E-state index in [2.05, 4.69) is 41.7 Å². The van der Waals surface area contributed by atoms with Gasteiger partial charge in [0, 0.05) is 13.1 Å². The Hall–Kier alpha value is -1.60. The fraction of sp³-hybridized carbons (Fsp3) is 0.143. The second kappa shape index (κ2) is 5.32. The van der Waals surface area contributed by atoms with Crippen molar-refractivity contribution in [2.24, 2.45) is 0 Å². The van der Waals surface area contributed by atoms with Crippen LogP contribution in [0, 0.1) is 6.07 Å². The van der Waals surface area contributed by atoms with Crippen LogP contribution in [-0.4, -0.2) is 0 Å². The van der Waals surface area contributed by atoms with E-state index < -0.39 is 0 Å². The lowest BCUT2D eigenvalue weighted by Crippen LogP contribution is -2.12. The maximum Gasteiger partial charge on any atom is 0.0214 e. The van der Waals surface area contributed by atoms with Gasteiger partial charge in [-0.15, -0.1) is 0 Å². The molecule has 1 heteroatoms. The van der Waals surface area contributed by atoms with E-state index in [1.54, 1.807) is 0 Å². The van der Waals surface area contributed by atoms with Gasteiger partial charge in [-0.3, -0.25) is 0 Å². The van der Waals surface area contributed by atoms with Gasteiger partial charge in [0.2, 0.25) is 0 Å². The molecule has 0 aliphatic heterocycles. The highest BCUT2D eigenvalue weighted by atomic mass is 14.8. The van der Waals surface area contributed by atoms with Gasteiger partial charge in [-0.1, -0.05) is 54.6 Å². The molecule has 0 bridgehead atoms. The molecule has 0 spiro atoms. The number of rotatable bonds is 4. The van der Waals surface area contributed by atoms with Gasteiger partial charge in [0.25, 0.3) is 0 Å². The van der Waals surface area contributed by atoms with Gasteiger partial charge in [0.1, 0.15) is 0 Å². The van der Waals surface area contributed by atoms with E-state index in [9.17, 15) is 0 Å². The van der Waals surface area contributed by atoms with Crippen LogP contribution in [0.15, 0.2) is 54.6 Å². The van der Waals surface area contributed by atoms with E-state index in [0.29, 0.717) is 0 Å². The Kier molecular flexibility index (Phi) is 3.53. The molecule has 1 N–H and O–H groups in total. The Bertz CT molecular complexity index is 341. The molecule has 15 heavy (non-hydrogen) atoms. The fourth-order valence-corrected chi connectivity index (χ4v) is 1.48. The minimum Gasteiger partial charge on any atom is -0.309 e. The quantitative estimate of drug-likeness (QED) is 0.793. The van der Waals surface area contributed by atoms with E-state index in [1.165, 1.54) is 11.1 Å². The molecule has 0 aliphatic carbocycles. The molecule has 75 valence electrons. The van der Waals surface area contributed by atoms with Crippen molar-refractivity contribution in [2.75, 3.05) is 0 Å². The Morgan fingerprint density at radius 3 is 2.40 bits per heavy atom. The second-order valence-electron chi connectivity index (χ2n) is 3.48. The van der Waals surface area contributed by atoms with Crippen molar-refractivity contribution in [3.05, 3.63) is 71.8 Å². The number of hydrogen-bond donors (Lipinski definition) is 1. The first-order valence-electron chi connectivity index (χ1n) is 5.15. The molecule has 0 aromatic heterocycles. The molecule has 0 saturated carbocycles. The summed E-state index contributed by atoms with van der Waals surface area (Å²) in [6.45, 7) is 1.78. The highest BCUT2D eigenvalue weighted by Crippen LogP contribution is 2.00. The monoisotopic (exact) mass is 196 g/mol. The van der Waals surface area contributed by atoms with Gasteiger partial charge in [-0.25, -0.2) is 0 Å². The Morgan fingerprint density at radius 1 is 0.867 bits per heavy atom. The largest absolute Gasteiger partial charge is 0.309 e. The number of nitrogens with one attached hydrogen (secondary N) is 1. The lowest BCUT2D eigenvalue weighted by molar-refractivity contribution is 0.693. The van der Waals surface area contributed by atoms with Crippen molar-refractivity contribution in [1.82, 2.24) is 5.32 Å². The van der Waals surface area contributed by atoms with Crippen LogP contribution in [0.2, 0.25) is 0 Å². The fourth-order valence-electron chi connectivity index (χ4n) is 1.48. The first-order valence-corrected chi connectivity index (χ1v) is 5.15. The summed E-state index contributed by atoms with van der Waals surface area (Å²) in [4.78, 5) is 0. The molecular weight excluding hydrogens is 182 g/mol. The Balaban J connectivity index is 1.81. The summed E-state index contributed by atoms with van der Waals surface area (Å²) in [7, 11) is 0. The zero-order valence-electron chi connectivity index (χ0n) is 8.61. The smallest absolute Gasteiger partial charge is 0.0214 e. The standard InChI is InChI=1S/C14H14N/c1-3-7-13(8-4-1)11-15-12-14-9-5-2-6-10-14/h1-9,15H,11-12H2. The molecule has 0 aliphatic rings. The normalized spacial score (nSPS) is 10.1. The van der Waals surface area contributed by atoms with E-state index in [0.717, 1.165) is 13.1 Å². The average Bonchev–Trinajstić information content (AvgIpc) is 2.32. The third-order valence-corrected chi connectivity index (χ3v) is 2.26. The van der Waals surface area contributed by atoms with E-state index >= 15 is 0 Å². The SMILES string of the molecule is [c]1ccccc1CNCc1ccccc1. The highest BCUT2D eigenvalue weighted by Gasteiger charge is 1.92. The molecule has 1 nitrogen and oxygen atoms in total. The first-order chi connectivity index (χ1) is 7.45. The van der Waals surface area contributed by atoms with E-state index in [-0.39, 0.29) is 0 Å². The van der Waals surface area contributed by atoms with Crippen LogP contribution in [0.4, 0.5) is 0 Å². The summed E-state index contributed by atoms with van der Waals surface area (Å²) in [6, 6.07) is 21.7. The van der Waals surface area contributed by atoms with Crippen molar-refractivity contribution in [3.63, 3.8) is 0 Å². The van der Waals surface area contributed by atoms with Gasteiger partial charge < -0.3 is 5.32 Å². The lowest BCUT2D eigenvalue weighted by atomic mass is 10.2. The first kappa shape index (κ1) is 9.94. The number of hydrogen-bond acceptors (Lipinski definition) is 1. The summed E-state index contributed by atoms with van der Waals surface area (Å²) in [5, 5.41) is 3.39. The molecule has 0 heterocycles. The summed E-state index contributed by atoms with van der Waals surface area (Å²) in [6.07, 6.45) is 0. The van der Waals surface area contributed by atoms with Crippen LogP contribution < -0.4 is 5.32 Å². The Morgan fingerprint density at radius 2 is 1.67 bits per heavy atom. The number of benzene rings is 2. The molecule has 0 unspecified atom stereocenters. The molecule has 0 fully saturated rings. The van der Waals surface area contributed by atoms with Crippen molar-refractivity contribution in [3.8, 4) is 0 Å². The zero-order valence-corrected chi connectivity index (χ0v) is 8.61. The summed E-state index contributed by atoms with van der Waals surface area (Å²) in [5.74, 6) is 0.